The minimum Gasteiger partial charge on any atom is -0.428 e. The van der Waals surface area contributed by atoms with Gasteiger partial charge in [0.2, 0.25) is 0 Å². The normalized spacial score (nSPS) is 14.5. The van der Waals surface area contributed by atoms with Crippen LogP contribution in [0.25, 0.3) is 0 Å². The Balaban J connectivity index is 2.25. The molecule has 0 saturated heterocycles. The number of halogens is 12. The van der Waals surface area contributed by atoms with E-state index in [0.29, 0.717) is 18.2 Å². The number of aliphatic hydroxyl groups is 1. The van der Waals surface area contributed by atoms with Crippen LogP contribution in [0.5, 0.6) is 5.75 Å². The van der Waals surface area contributed by atoms with Crippen LogP contribution in [0.15, 0.2) is 66.7 Å². The zero-order chi connectivity index (χ0) is 33.8. The van der Waals surface area contributed by atoms with Crippen molar-refractivity contribution in [2.24, 2.45) is 0 Å². The maximum atomic E-state index is 14.8. The molecular weight excluding hydrogens is 640 g/mol. The molecule has 3 N–H and O–H groups in total. The second-order valence-corrected chi connectivity index (χ2v) is 9.63. The van der Waals surface area contributed by atoms with E-state index in [9.17, 15) is 62.6 Å². The van der Waals surface area contributed by atoms with Crippen molar-refractivity contribution < 1.29 is 67.3 Å². The number of carbonyl (C=O) groups excluding carboxylic acids is 1. The Bertz CT molecular complexity index is 1470. The van der Waals surface area contributed by atoms with Crippen LogP contribution in [0.2, 0.25) is 0 Å². The molecule has 2 atom stereocenters. The molecule has 0 aliphatic heterocycles. The highest BCUT2D eigenvalue weighted by Gasteiger charge is 2.45. The van der Waals surface area contributed by atoms with Gasteiger partial charge in [-0.25, -0.2) is 13.6 Å². The quantitative estimate of drug-likeness (QED) is 0.189. The highest BCUT2D eigenvalue weighted by molar-refractivity contribution is 5.76. The summed E-state index contributed by atoms with van der Waals surface area (Å²) in [6.07, 6.45) is -24.5. The Kier molecular flexibility index (Phi) is 10.6. The lowest BCUT2D eigenvalue weighted by atomic mass is 9.77. The van der Waals surface area contributed by atoms with Gasteiger partial charge in [-0.1, -0.05) is 36.4 Å². The first-order valence-corrected chi connectivity index (χ1v) is 12.6. The van der Waals surface area contributed by atoms with Crippen LogP contribution in [-0.4, -0.2) is 42.5 Å². The zero-order valence-electron chi connectivity index (χ0n) is 22.4. The average molecular weight is 662 g/mol. The minimum atomic E-state index is -5.33. The Hall–Kier alpha value is -4.15. The number of aliphatic hydroxyl groups excluding tert-OH is 1. The van der Waals surface area contributed by atoms with Crippen LogP contribution in [-0.2, 0) is 18.1 Å². The van der Waals surface area contributed by atoms with Crippen LogP contribution >= 0.6 is 0 Å². The number of hydrogen-bond acceptors (Lipinski definition) is 3. The van der Waals surface area contributed by atoms with E-state index < -0.39 is 96.0 Å². The molecule has 3 aromatic rings. The summed E-state index contributed by atoms with van der Waals surface area (Å²) in [7, 11) is 0. The van der Waals surface area contributed by atoms with Gasteiger partial charge in [-0.05, 0) is 47.4 Å². The number of urea groups is 1. The summed E-state index contributed by atoms with van der Waals surface area (Å²) in [5.74, 6) is -4.47. The highest BCUT2D eigenvalue weighted by Crippen LogP contribution is 2.40. The molecule has 0 aromatic heterocycles. The van der Waals surface area contributed by atoms with Crippen LogP contribution < -0.4 is 15.4 Å². The van der Waals surface area contributed by atoms with Crippen molar-refractivity contribution in [1.82, 2.24) is 10.6 Å². The molecule has 0 radical (unpaired) electrons. The molecule has 5 nitrogen and oxygen atoms in total. The summed E-state index contributed by atoms with van der Waals surface area (Å²) in [5, 5.41) is 13.4. The molecule has 0 aliphatic carbocycles. The third-order valence-electron chi connectivity index (χ3n) is 6.36. The van der Waals surface area contributed by atoms with Crippen LogP contribution in [0.4, 0.5) is 57.5 Å². The number of rotatable bonds is 11. The summed E-state index contributed by atoms with van der Waals surface area (Å²) in [4.78, 5) is 13.0. The van der Waals surface area contributed by atoms with Crippen LogP contribution in [0.1, 0.15) is 28.7 Å². The van der Waals surface area contributed by atoms with Gasteiger partial charge in [-0.3, -0.25) is 0 Å². The van der Waals surface area contributed by atoms with Crippen molar-refractivity contribution in [2.45, 2.75) is 49.4 Å². The monoisotopic (exact) mass is 662 g/mol. The Morgan fingerprint density at radius 2 is 1.49 bits per heavy atom. The van der Waals surface area contributed by atoms with Gasteiger partial charge in [-0.15, -0.1) is 0 Å². The predicted octanol–water partition coefficient (Wildman–Crippen LogP) is 7.32. The van der Waals surface area contributed by atoms with Gasteiger partial charge in [0.1, 0.15) is 17.4 Å². The fraction of sp³-hybridized carbons (Fsp3) is 0.321. The summed E-state index contributed by atoms with van der Waals surface area (Å²) in [6, 6.07) is 8.35. The molecule has 0 fully saturated rings. The first-order chi connectivity index (χ1) is 20.7. The molecule has 3 aromatic carbocycles. The number of nitrogens with one attached hydrogen (secondary N) is 2. The molecule has 246 valence electrons. The van der Waals surface area contributed by atoms with Crippen molar-refractivity contribution in [2.75, 3.05) is 6.54 Å². The van der Waals surface area contributed by atoms with Gasteiger partial charge >= 0.3 is 30.9 Å². The topological polar surface area (TPSA) is 70.6 Å². The standard InChI is InChI=1S/C28H22F12N2O3/c29-18-10-17(11-19(13-18)45-28(39,40)23(31)32)25(14-15-4-2-1-3-5-15,16-6-7-21(30)20(12-16)26(33,34)35)42-24(44)41-9-8-22(43)27(36,37)38/h1-7,10-13,22-23,43H,8-9,14H2,(H2,41,42,44)/t22-,25+/m0/s1. The first kappa shape index (κ1) is 35.3. The van der Waals surface area contributed by atoms with Gasteiger partial charge < -0.3 is 20.5 Å². The number of amides is 2. The van der Waals surface area contributed by atoms with E-state index in [2.05, 4.69) is 10.1 Å². The molecule has 2 amide bonds. The lowest BCUT2D eigenvalue weighted by molar-refractivity contribution is -0.253. The highest BCUT2D eigenvalue weighted by atomic mass is 19.4. The van der Waals surface area contributed by atoms with E-state index in [4.69, 9.17) is 0 Å². The number of carbonyl (C=O) groups is 1. The summed E-state index contributed by atoms with van der Waals surface area (Å²) >= 11 is 0. The van der Waals surface area contributed by atoms with Crippen molar-refractivity contribution in [1.29, 1.82) is 0 Å². The molecule has 0 aliphatic rings. The van der Waals surface area contributed by atoms with Gasteiger partial charge in [0, 0.05) is 19.0 Å². The smallest absolute Gasteiger partial charge is 0.428 e. The maximum Gasteiger partial charge on any atom is 0.461 e. The van der Waals surface area contributed by atoms with Crippen molar-refractivity contribution in [3.05, 3.63) is 101 Å². The van der Waals surface area contributed by atoms with E-state index in [1.807, 2.05) is 5.32 Å². The van der Waals surface area contributed by atoms with Gasteiger partial charge in [0.05, 0.1) is 11.1 Å². The predicted molar refractivity (Wildman–Crippen MR) is 134 cm³/mol. The molecule has 0 spiro atoms. The van der Waals surface area contributed by atoms with E-state index in [0.717, 1.165) is 6.07 Å². The van der Waals surface area contributed by atoms with E-state index in [1.54, 1.807) is 0 Å². The van der Waals surface area contributed by atoms with Gasteiger partial charge in [-0.2, -0.15) is 43.9 Å². The Labute approximate surface area is 246 Å². The number of alkyl halides is 10. The number of ether oxygens (including phenoxy) is 1. The van der Waals surface area contributed by atoms with Crippen molar-refractivity contribution in [3.63, 3.8) is 0 Å². The zero-order valence-corrected chi connectivity index (χ0v) is 22.4. The molecule has 45 heavy (non-hydrogen) atoms. The molecule has 0 heterocycles. The van der Waals surface area contributed by atoms with Gasteiger partial charge in [0.15, 0.2) is 6.10 Å². The van der Waals surface area contributed by atoms with Crippen LogP contribution in [0.3, 0.4) is 0 Å². The SMILES string of the molecule is O=C(NCC[C@H](O)C(F)(F)F)N[C@@](Cc1ccccc1)(c1cc(F)cc(OC(F)(F)C(F)F)c1)c1ccc(F)c(C(F)(F)F)c1. The number of benzene rings is 3. The second kappa shape index (κ2) is 13.5. The van der Waals surface area contributed by atoms with Crippen molar-refractivity contribution in [3.8, 4) is 5.75 Å². The lowest BCUT2D eigenvalue weighted by Gasteiger charge is -2.37. The molecular formula is C28H22F12N2O3. The maximum absolute atomic E-state index is 14.8. The lowest BCUT2D eigenvalue weighted by Crippen LogP contribution is -2.52. The molecule has 0 saturated carbocycles. The third-order valence-corrected chi connectivity index (χ3v) is 6.36. The minimum absolute atomic E-state index is 0.188. The first-order valence-electron chi connectivity index (χ1n) is 12.6. The molecule has 17 heteroatoms. The summed E-state index contributed by atoms with van der Waals surface area (Å²) in [6.45, 7) is -0.858. The van der Waals surface area contributed by atoms with Gasteiger partial charge in [0.25, 0.3) is 0 Å². The summed E-state index contributed by atoms with van der Waals surface area (Å²) in [5.41, 5.74) is -5.47. The van der Waals surface area contributed by atoms with E-state index in [1.165, 1.54) is 30.3 Å². The summed E-state index contributed by atoms with van der Waals surface area (Å²) < 4.78 is 166. The number of hydrogen-bond donors (Lipinski definition) is 3. The molecule has 3 rings (SSSR count). The molecule has 0 unspecified atom stereocenters. The van der Waals surface area contributed by atoms with E-state index >= 15 is 0 Å². The van der Waals surface area contributed by atoms with Crippen LogP contribution in [0, 0.1) is 11.6 Å². The fourth-order valence-electron chi connectivity index (χ4n) is 4.26. The largest absolute Gasteiger partial charge is 0.461 e. The Morgan fingerprint density at radius 3 is 2.07 bits per heavy atom. The molecule has 0 bridgehead atoms. The van der Waals surface area contributed by atoms with E-state index in [-0.39, 0.29) is 17.7 Å². The Morgan fingerprint density at radius 1 is 0.844 bits per heavy atom. The average Bonchev–Trinajstić information content (AvgIpc) is 2.91. The van der Waals surface area contributed by atoms with Crippen molar-refractivity contribution >= 4 is 6.03 Å². The second-order valence-electron chi connectivity index (χ2n) is 9.63. The fourth-order valence-corrected chi connectivity index (χ4v) is 4.26. The third kappa shape index (κ3) is 8.95.